The van der Waals surface area contributed by atoms with Crippen molar-refractivity contribution in [2.24, 2.45) is 4.99 Å². The van der Waals surface area contributed by atoms with E-state index in [1.165, 1.54) is 43.5 Å². The lowest BCUT2D eigenvalue weighted by molar-refractivity contribution is 0.0389. The summed E-state index contributed by atoms with van der Waals surface area (Å²) in [6.45, 7) is 9.99. The van der Waals surface area contributed by atoms with Crippen LogP contribution in [-0.4, -0.2) is 75.3 Å². The van der Waals surface area contributed by atoms with E-state index in [2.05, 4.69) is 49.7 Å². The number of hydrogen-bond donors (Lipinski definition) is 2. The Morgan fingerprint density at radius 3 is 2.44 bits per heavy atom. The molecule has 2 N–H and O–H groups in total. The van der Waals surface area contributed by atoms with Gasteiger partial charge in [-0.05, 0) is 37.1 Å². The molecule has 2 aliphatic heterocycles. The number of morpholine rings is 1. The van der Waals surface area contributed by atoms with E-state index in [9.17, 15) is 0 Å². The zero-order valence-corrected chi connectivity index (χ0v) is 16.8. The summed E-state index contributed by atoms with van der Waals surface area (Å²) in [7, 11) is 1.84. The van der Waals surface area contributed by atoms with E-state index < -0.39 is 0 Å². The standard InChI is InChI=1S/C21H35N5O/c1-22-21(23-9-12-25-13-15-27-16-14-25)24-17-19-7-3-4-8-20(19)18-26-10-5-2-6-11-26/h3-4,7-8H,2,5-6,9-18H2,1H3,(H2,22,23,24). The van der Waals surface area contributed by atoms with Crippen LogP contribution in [0, 0.1) is 0 Å². The average molecular weight is 374 g/mol. The van der Waals surface area contributed by atoms with Gasteiger partial charge in [-0.2, -0.15) is 0 Å². The van der Waals surface area contributed by atoms with Crippen molar-refractivity contribution in [1.29, 1.82) is 0 Å². The second-order valence-corrected chi connectivity index (χ2v) is 7.41. The van der Waals surface area contributed by atoms with Crippen LogP contribution >= 0.6 is 0 Å². The highest BCUT2D eigenvalue weighted by Gasteiger charge is 2.13. The number of hydrogen-bond acceptors (Lipinski definition) is 4. The lowest BCUT2D eigenvalue weighted by Crippen LogP contribution is -2.44. The maximum absolute atomic E-state index is 5.40. The second kappa shape index (κ2) is 11.3. The van der Waals surface area contributed by atoms with Gasteiger partial charge in [-0.25, -0.2) is 0 Å². The topological polar surface area (TPSA) is 52.1 Å². The quantitative estimate of drug-likeness (QED) is 0.562. The van der Waals surface area contributed by atoms with Crippen molar-refractivity contribution in [2.45, 2.75) is 32.4 Å². The number of nitrogens with zero attached hydrogens (tertiary/aromatic N) is 3. The van der Waals surface area contributed by atoms with Crippen molar-refractivity contribution in [3.8, 4) is 0 Å². The highest BCUT2D eigenvalue weighted by molar-refractivity contribution is 5.79. The summed E-state index contributed by atoms with van der Waals surface area (Å²) >= 11 is 0. The molecule has 0 amide bonds. The van der Waals surface area contributed by atoms with Gasteiger partial charge < -0.3 is 15.4 Å². The number of aliphatic imine (C=N–C) groups is 1. The summed E-state index contributed by atoms with van der Waals surface area (Å²) < 4.78 is 5.40. The van der Waals surface area contributed by atoms with E-state index in [0.717, 1.165) is 58.4 Å². The lowest BCUT2D eigenvalue weighted by Gasteiger charge is -2.27. The zero-order chi connectivity index (χ0) is 18.7. The summed E-state index contributed by atoms with van der Waals surface area (Å²) in [5.41, 5.74) is 2.79. The normalized spacial score (nSPS) is 19.8. The summed E-state index contributed by atoms with van der Waals surface area (Å²) in [4.78, 5) is 9.38. The Balaban J connectivity index is 1.44. The number of rotatable bonds is 7. The van der Waals surface area contributed by atoms with E-state index in [0.29, 0.717) is 0 Å². The molecule has 0 atom stereocenters. The number of benzene rings is 1. The number of ether oxygens (including phenoxy) is 1. The van der Waals surface area contributed by atoms with Gasteiger partial charge in [0.05, 0.1) is 13.2 Å². The number of likely N-dealkylation sites (tertiary alicyclic amines) is 1. The molecule has 1 aromatic rings. The number of piperidine rings is 1. The highest BCUT2D eigenvalue weighted by atomic mass is 16.5. The van der Waals surface area contributed by atoms with E-state index in [-0.39, 0.29) is 0 Å². The second-order valence-electron chi connectivity index (χ2n) is 7.41. The van der Waals surface area contributed by atoms with Gasteiger partial charge in [-0.15, -0.1) is 0 Å². The molecule has 0 radical (unpaired) electrons. The van der Waals surface area contributed by atoms with Crippen LogP contribution in [0.3, 0.4) is 0 Å². The molecule has 0 unspecified atom stereocenters. The Morgan fingerprint density at radius 2 is 1.70 bits per heavy atom. The first kappa shape index (κ1) is 20.1. The van der Waals surface area contributed by atoms with Crippen molar-refractivity contribution in [2.75, 3.05) is 59.5 Å². The molecule has 2 fully saturated rings. The molecule has 27 heavy (non-hydrogen) atoms. The molecule has 2 saturated heterocycles. The molecular formula is C21H35N5O. The number of nitrogens with one attached hydrogen (secondary N) is 2. The highest BCUT2D eigenvalue weighted by Crippen LogP contribution is 2.16. The van der Waals surface area contributed by atoms with E-state index >= 15 is 0 Å². The molecule has 0 aliphatic carbocycles. The van der Waals surface area contributed by atoms with Crippen LogP contribution in [0.15, 0.2) is 29.3 Å². The summed E-state index contributed by atoms with van der Waals surface area (Å²) in [5.74, 6) is 0.871. The minimum atomic E-state index is 0.807. The van der Waals surface area contributed by atoms with Gasteiger partial charge in [0.1, 0.15) is 0 Å². The van der Waals surface area contributed by atoms with Gasteiger partial charge in [-0.3, -0.25) is 14.8 Å². The fraction of sp³-hybridized carbons (Fsp3) is 0.667. The molecule has 3 rings (SSSR count). The summed E-state index contributed by atoms with van der Waals surface area (Å²) in [6.07, 6.45) is 4.05. The molecule has 0 aromatic heterocycles. The van der Waals surface area contributed by atoms with E-state index in [4.69, 9.17) is 4.74 Å². The first-order chi connectivity index (χ1) is 13.3. The van der Waals surface area contributed by atoms with Gasteiger partial charge >= 0.3 is 0 Å². The molecule has 6 heteroatoms. The summed E-state index contributed by atoms with van der Waals surface area (Å²) in [6, 6.07) is 8.77. The van der Waals surface area contributed by atoms with Crippen molar-refractivity contribution in [1.82, 2.24) is 20.4 Å². The van der Waals surface area contributed by atoms with Crippen LogP contribution in [0.5, 0.6) is 0 Å². The van der Waals surface area contributed by atoms with Gasteiger partial charge in [0, 0.05) is 46.3 Å². The van der Waals surface area contributed by atoms with Crippen LogP contribution in [0.1, 0.15) is 30.4 Å². The number of guanidine groups is 1. The first-order valence-corrected chi connectivity index (χ1v) is 10.4. The Hall–Kier alpha value is -1.63. The fourth-order valence-electron chi connectivity index (χ4n) is 3.80. The van der Waals surface area contributed by atoms with Crippen LogP contribution in [0.25, 0.3) is 0 Å². The monoisotopic (exact) mass is 373 g/mol. The van der Waals surface area contributed by atoms with Crippen LogP contribution < -0.4 is 10.6 Å². The molecule has 2 heterocycles. The van der Waals surface area contributed by atoms with E-state index in [1.807, 2.05) is 7.05 Å². The Labute approximate surface area is 164 Å². The molecule has 0 saturated carbocycles. The smallest absolute Gasteiger partial charge is 0.191 e. The Bertz CT molecular complexity index is 580. The largest absolute Gasteiger partial charge is 0.379 e. The van der Waals surface area contributed by atoms with Crippen molar-refractivity contribution < 1.29 is 4.74 Å². The van der Waals surface area contributed by atoms with Crippen LogP contribution in [0.4, 0.5) is 0 Å². The van der Waals surface area contributed by atoms with E-state index in [1.54, 1.807) is 0 Å². The predicted octanol–water partition coefficient (Wildman–Crippen LogP) is 1.67. The molecule has 150 valence electrons. The molecular weight excluding hydrogens is 338 g/mol. The van der Waals surface area contributed by atoms with Crippen molar-refractivity contribution >= 4 is 5.96 Å². The van der Waals surface area contributed by atoms with Gasteiger partial charge in [-0.1, -0.05) is 30.7 Å². The maximum Gasteiger partial charge on any atom is 0.191 e. The van der Waals surface area contributed by atoms with Gasteiger partial charge in [0.15, 0.2) is 5.96 Å². The molecule has 0 bridgehead atoms. The van der Waals surface area contributed by atoms with Crippen LogP contribution in [-0.2, 0) is 17.8 Å². The third kappa shape index (κ3) is 6.79. The molecule has 6 nitrogen and oxygen atoms in total. The molecule has 2 aliphatic rings. The Kier molecular flexibility index (Phi) is 8.39. The van der Waals surface area contributed by atoms with Gasteiger partial charge in [0.2, 0.25) is 0 Å². The maximum atomic E-state index is 5.40. The minimum absolute atomic E-state index is 0.807. The van der Waals surface area contributed by atoms with Crippen molar-refractivity contribution in [3.05, 3.63) is 35.4 Å². The predicted molar refractivity (Wildman–Crippen MR) is 111 cm³/mol. The zero-order valence-electron chi connectivity index (χ0n) is 16.8. The molecule has 1 aromatic carbocycles. The average Bonchev–Trinajstić information content (AvgIpc) is 2.73. The fourth-order valence-corrected chi connectivity index (χ4v) is 3.80. The minimum Gasteiger partial charge on any atom is -0.379 e. The van der Waals surface area contributed by atoms with Crippen LogP contribution in [0.2, 0.25) is 0 Å². The third-order valence-corrected chi connectivity index (χ3v) is 5.46. The molecule has 0 spiro atoms. The Morgan fingerprint density at radius 1 is 0.963 bits per heavy atom. The van der Waals surface area contributed by atoms with Gasteiger partial charge in [0.25, 0.3) is 0 Å². The first-order valence-electron chi connectivity index (χ1n) is 10.4. The lowest BCUT2D eigenvalue weighted by atomic mass is 10.0. The SMILES string of the molecule is CN=C(NCCN1CCOCC1)NCc1ccccc1CN1CCCCC1. The third-order valence-electron chi connectivity index (χ3n) is 5.46. The summed E-state index contributed by atoms with van der Waals surface area (Å²) in [5, 5.41) is 6.91. The van der Waals surface area contributed by atoms with Crippen molar-refractivity contribution in [3.63, 3.8) is 0 Å².